The molecule has 174 valence electrons. The summed E-state index contributed by atoms with van der Waals surface area (Å²) in [4.78, 5) is 25.9. The number of amides is 1. The highest BCUT2D eigenvalue weighted by Gasteiger charge is 2.30. The van der Waals surface area contributed by atoms with Crippen LogP contribution in [-0.2, 0) is 6.54 Å². The van der Waals surface area contributed by atoms with E-state index >= 15 is 0 Å². The number of halogens is 2. The van der Waals surface area contributed by atoms with Crippen LogP contribution in [0.3, 0.4) is 0 Å². The van der Waals surface area contributed by atoms with Crippen molar-refractivity contribution in [2.45, 2.75) is 32.4 Å². The van der Waals surface area contributed by atoms with Gasteiger partial charge >= 0.3 is 5.69 Å². The average molecular weight is 482 g/mol. The minimum atomic E-state index is -0.387. The number of aromatic nitrogens is 4. The van der Waals surface area contributed by atoms with E-state index in [2.05, 4.69) is 15.6 Å². The van der Waals surface area contributed by atoms with Gasteiger partial charge in [-0.15, -0.1) is 5.10 Å². The molecule has 1 aliphatic carbocycles. The molecule has 8 nitrogen and oxygen atoms in total. The molecule has 2 heterocycles. The minimum Gasteiger partial charge on any atom is -0.360 e. The number of hydrogen-bond acceptors (Lipinski definition) is 5. The van der Waals surface area contributed by atoms with Gasteiger partial charge in [0, 0.05) is 23.7 Å². The summed E-state index contributed by atoms with van der Waals surface area (Å²) in [6, 6.07) is 13.0. The molecular weight excluding hydrogens is 461 g/mol. The Morgan fingerprint density at radius 1 is 1.21 bits per heavy atom. The molecule has 1 fully saturated rings. The van der Waals surface area contributed by atoms with Gasteiger partial charge in [0.25, 0.3) is 5.91 Å². The van der Waals surface area contributed by atoms with E-state index in [4.69, 9.17) is 16.1 Å². The van der Waals surface area contributed by atoms with E-state index in [1.165, 1.54) is 16.8 Å². The Labute approximate surface area is 198 Å². The summed E-state index contributed by atoms with van der Waals surface area (Å²) in [6.07, 6.45) is 1.79. The van der Waals surface area contributed by atoms with Crippen molar-refractivity contribution in [1.29, 1.82) is 0 Å². The maximum Gasteiger partial charge on any atom is 0.346 e. The van der Waals surface area contributed by atoms with Crippen LogP contribution >= 0.6 is 11.6 Å². The highest BCUT2D eigenvalue weighted by atomic mass is 35.5. The first-order chi connectivity index (χ1) is 16.4. The highest BCUT2D eigenvalue weighted by molar-refractivity contribution is 6.33. The van der Waals surface area contributed by atoms with E-state index in [0.717, 1.165) is 12.8 Å². The first-order valence-corrected chi connectivity index (χ1v) is 11.3. The molecule has 10 heteroatoms. The van der Waals surface area contributed by atoms with Gasteiger partial charge in [0.2, 0.25) is 0 Å². The normalized spacial score (nSPS) is 13.3. The van der Waals surface area contributed by atoms with Gasteiger partial charge in [-0.1, -0.05) is 35.0 Å². The molecule has 1 N–H and O–H groups in total. The van der Waals surface area contributed by atoms with Crippen molar-refractivity contribution in [3.8, 4) is 22.6 Å². The molecule has 1 aliphatic rings. The SMILES string of the molecule is Cc1onc(-c2ccccc2Cl)c1C(=O)NCCn1nc(-c2ccc(F)cc2)n(C2CC2)c1=O. The second kappa shape index (κ2) is 8.90. The fourth-order valence-corrected chi connectivity index (χ4v) is 4.09. The van der Waals surface area contributed by atoms with Crippen molar-refractivity contribution in [2.75, 3.05) is 6.54 Å². The first-order valence-electron chi connectivity index (χ1n) is 10.9. The Morgan fingerprint density at radius 2 is 1.94 bits per heavy atom. The van der Waals surface area contributed by atoms with Gasteiger partial charge in [-0.2, -0.15) is 0 Å². The lowest BCUT2D eigenvalue weighted by atomic mass is 10.1. The summed E-state index contributed by atoms with van der Waals surface area (Å²) in [5.74, 6) is 0.115. The number of hydrogen-bond donors (Lipinski definition) is 1. The van der Waals surface area contributed by atoms with E-state index in [1.807, 2.05) is 0 Å². The third kappa shape index (κ3) is 4.14. The zero-order chi connectivity index (χ0) is 23.8. The fraction of sp³-hybridized carbons (Fsp3) is 0.250. The highest BCUT2D eigenvalue weighted by Crippen LogP contribution is 2.36. The number of carbonyl (C=O) groups excluding carboxylic acids is 1. The molecule has 1 saturated carbocycles. The molecular formula is C24H21ClFN5O3. The topological polar surface area (TPSA) is 94.9 Å². The van der Waals surface area contributed by atoms with Gasteiger partial charge in [0.1, 0.15) is 22.8 Å². The standard InChI is InChI=1S/C24H21ClFN5O3/c1-14-20(21(29-34-14)18-4-2-3-5-19(18)25)23(32)27-12-13-30-24(33)31(17-10-11-17)22(28-30)15-6-8-16(26)9-7-15/h2-9,17H,10-13H2,1H3,(H,27,32). The van der Waals surface area contributed by atoms with Crippen LogP contribution in [0.1, 0.15) is 35.0 Å². The van der Waals surface area contributed by atoms with Crippen LogP contribution < -0.4 is 11.0 Å². The van der Waals surface area contributed by atoms with Crippen LogP contribution in [0.5, 0.6) is 0 Å². The fourth-order valence-electron chi connectivity index (χ4n) is 3.86. The summed E-state index contributed by atoms with van der Waals surface area (Å²) >= 11 is 6.27. The van der Waals surface area contributed by atoms with Crippen LogP contribution in [0, 0.1) is 12.7 Å². The number of nitrogens with zero attached hydrogens (tertiary/aromatic N) is 4. The molecule has 2 aromatic heterocycles. The van der Waals surface area contributed by atoms with Crippen LogP contribution in [-0.4, -0.2) is 32.0 Å². The van der Waals surface area contributed by atoms with E-state index in [0.29, 0.717) is 33.4 Å². The summed E-state index contributed by atoms with van der Waals surface area (Å²) in [5, 5.41) is 11.7. The Hall–Kier alpha value is -3.72. The molecule has 2 aromatic carbocycles. The molecule has 0 aliphatic heterocycles. The van der Waals surface area contributed by atoms with Gasteiger partial charge in [0.05, 0.1) is 11.6 Å². The maximum atomic E-state index is 13.4. The molecule has 4 aromatic rings. The van der Waals surface area contributed by atoms with Crippen LogP contribution in [0.25, 0.3) is 22.6 Å². The lowest BCUT2D eigenvalue weighted by Crippen LogP contribution is -2.32. The average Bonchev–Trinajstić information content (AvgIpc) is 3.51. The Bertz CT molecular complexity index is 1420. The van der Waals surface area contributed by atoms with Gasteiger partial charge in [-0.3, -0.25) is 9.36 Å². The minimum absolute atomic E-state index is 0.0914. The second-order valence-electron chi connectivity index (χ2n) is 8.14. The lowest BCUT2D eigenvalue weighted by Gasteiger charge is -2.06. The number of nitrogens with one attached hydrogen (secondary N) is 1. The number of aryl methyl sites for hydroxylation is 1. The first kappa shape index (κ1) is 22.1. The molecule has 1 amide bonds. The van der Waals surface area contributed by atoms with Crippen LogP contribution in [0.4, 0.5) is 4.39 Å². The molecule has 0 radical (unpaired) electrons. The number of carbonyl (C=O) groups is 1. The Kier molecular flexibility index (Phi) is 5.79. The molecule has 0 atom stereocenters. The van der Waals surface area contributed by atoms with Crippen molar-refractivity contribution < 1.29 is 13.7 Å². The molecule has 5 rings (SSSR count). The molecule has 0 bridgehead atoms. The van der Waals surface area contributed by atoms with Gasteiger partial charge < -0.3 is 9.84 Å². The van der Waals surface area contributed by atoms with Crippen LogP contribution in [0.15, 0.2) is 57.8 Å². The summed E-state index contributed by atoms with van der Waals surface area (Å²) < 4.78 is 21.6. The van der Waals surface area contributed by atoms with Crippen molar-refractivity contribution in [1.82, 2.24) is 24.8 Å². The van der Waals surface area contributed by atoms with Gasteiger partial charge in [0.15, 0.2) is 5.82 Å². The number of benzene rings is 2. The third-order valence-electron chi connectivity index (χ3n) is 5.71. The largest absolute Gasteiger partial charge is 0.360 e. The predicted octanol–water partition coefficient (Wildman–Crippen LogP) is 4.23. The summed E-state index contributed by atoms with van der Waals surface area (Å²) in [6.45, 7) is 1.99. The lowest BCUT2D eigenvalue weighted by molar-refractivity contribution is 0.0951. The smallest absolute Gasteiger partial charge is 0.346 e. The van der Waals surface area contributed by atoms with E-state index in [-0.39, 0.29) is 42.1 Å². The second-order valence-corrected chi connectivity index (χ2v) is 8.54. The van der Waals surface area contributed by atoms with Crippen molar-refractivity contribution in [2.24, 2.45) is 0 Å². The molecule has 0 saturated heterocycles. The summed E-state index contributed by atoms with van der Waals surface area (Å²) in [7, 11) is 0. The van der Waals surface area contributed by atoms with E-state index in [1.54, 1.807) is 47.9 Å². The van der Waals surface area contributed by atoms with Gasteiger partial charge in [-0.05, 0) is 50.1 Å². The van der Waals surface area contributed by atoms with Gasteiger partial charge in [-0.25, -0.2) is 13.9 Å². The zero-order valence-corrected chi connectivity index (χ0v) is 19.1. The van der Waals surface area contributed by atoms with Crippen LogP contribution in [0.2, 0.25) is 5.02 Å². The maximum absolute atomic E-state index is 13.4. The third-order valence-corrected chi connectivity index (χ3v) is 6.04. The zero-order valence-electron chi connectivity index (χ0n) is 18.3. The quantitative estimate of drug-likeness (QED) is 0.426. The summed E-state index contributed by atoms with van der Waals surface area (Å²) in [5.41, 5.74) is 1.64. The van der Waals surface area contributed by atoms with E-state index in [9.17, 15) is 14.0 Å². The monoisotopic (exact) mass is 481 g/mol. The molecule has 34 heavy (non-hydrogen) atoms. The predicted molar refractivity (Wildman–Crippen MR) is 124 cm³/mol. The Morgan fingerprint density at radius 3 is 2.65 bits per heavy atom. The number of rotatable bonds is 7. The molecule has 0 unspecified atom stereocenters. The Balaban J connectivity index is 1.35. The van der Waals surface area contributed by atoms with E-state index < -0.39 is 0 Å². The van der Waals surface area contributed by atoms with Crippen molar-refractivity contribution in [3.63, 3.8) is 0 Å². The van der Waals surface area contributed by atoms with Crippen molar-refractivity contribution >= 4 is 17.5 Å². The van der Waals surface area contributed by atoms with Crippen molar-refractivity contribution in [3.05, 3.63) is 81.2 Å². The molecule has 0 spiro atoms.